The number of hydrogen-bond acceptors (Lipinski definition) is 3. The van der Waals surface area contributed by atoms with Crippen LogP contribution in [0.1, 0.15) is 10.4 Å². The van der Waals surface area contributed by atoms with Gasteiger partial charge in [-0.3, -0.25) is 4.79 Å². The van der Waals surface area contributed by atoms with Gasteiger partial charge in [-0.2, -0.15) is 0 Å². The van der Waals surface area contributed by atoms with Crippen molar-refractivity contribution in [1.82, 2.24) is 0 Å². The fourth-order valence-corrected chi connectivity index (χ4v) is 2.73. The van der Waals surface area contributed by atoms with Crippen molar-refractivity contribution >= 4 is 21.8 Å². The van der Waals surface area contributed by atoms with Crippen molar-refractivity contribution in [3.8, 4) is 11.5 Å². The minimum Gasteiger partial charge on any atom is -0.493 e. The second-order valence-corrected chi connectivity index (χ2v) is 7.82. The normalized spacial score (nSPS) is 13.9. The number of hydrogen-bond donors (Lipinski definition) is 1. The number of halogens is 5. The van der Waals surface area contributed by atoms with Crippen molar-refractivity contribution in [3.63, 3.8) is 0 Å². The van der Waals surface area contributed by atoms with Crippen LogP contribution < -0.4 is 14.8 Å². The van der Waals surface area contributed by atoms with Gasteiger partial charge in [-0.05, 0) is 42.5 Å². The van der Waals surface area contributed by atoms with E-state index in [-0.39, 0.29) is 35.7 Å². The zero-order valence-corrected chi connectivity index (χ0v) is 14.9. The SMILES string of the molecule is C=CCOc1ccc(C(=O)Nc2ccc(S(F)(F)(F)(F)F)cc2)cc1OC. The van der Waals surface area contributed by atoms with E-state index in [1.165, 1.54) is 31.4 Å². The Morgan fingerprint density at radius 3 is 2.22 bits per heavy atom. The molecule has 0 aliphatic rings. The first-order valence-corrected chi connectivity index (χ1v) is 9.36. The molecule has 0 aromatic heterocycles. The van der Waals surface area contributed by atoms with Crippen LogP contribution in [-0.2, 0) is 0 Å². The molecule has 4 nitrogen and oxygen atoms in total. The standard InChI is InChI=1S/C17H16F5NO3S/c1-3-10-26-15-9-4-12(11-16(15)25-2)17(24)23-13-5-7-14(8-6-13)27(18,19,20,21)22/h3-9,11H,1,10H2,2H3,(H,23,24). The zero-order valence-electron chi connectivity index (χ0n) is 14.1. The zero-order chi connectivity index (χ0) is 20.4. The van der Waals surface area contributed by atoms with Gasteiger partial charge in [-0.15, -0.1) is 0 Å². The monoisotopic (exact) mass is 409 g/mol. The number of amides is 1. The van der Waals surface area contributed by atoms with Gasteiger partial charge in [0.05, 0.1) is 7.11 Å². The Kier molecular flexibility index (Phi) is 4.91. The molecule has 1 N–H and O–H groups in total. The molecular weight excluding hydrogens is 393 g/mol. The van der Waals surface area contributed by atoms with E-state index in [0.717, 1.165) is 12.1 Å². The second kappa shape index (κ2) is 6.45. The maximum absolute atomic E-state index is 12.7. The Labute approximate surface area is 152 Å². The molecule has 10 heteroatoms. The highest BCUT2D eigenvalue weighted by molar-refractivity contribution is 8.45. The van der Waals surface area contributed by atoms with Crippen molar-refractivity contribution in [2.45, 2.75) is 4.90 Å². The van der Waals surface area contributed by atoms with Gasteiger partial charge < -0.3 is 14.8 Å². The number of carbonyl (C=O) groups is 1. The van der Waals surface area contributed by atoms with Crippen LogP contribution >= 0.6 is 10.2 Å². The highest BCUT2D eigenvalue weighted by Gasteiger charge is 2.65. The Balaban J connectivity index is 2.19. The van der Waals surface area contributed by atoms with Crippen LogP contribution in [0.2, 0.25) is 0 Å². The molecule has 27 heavy (non-hydrogen) atoms. The fraction of sp³-hybridized carbons (Fsp3) is 0.118. The van der Waals surface area contributed by atoms with Crippen molar-refractivity contribution in [1.29, 1.82) is 0 Å². The Hall–Kier alpha value is -2.75. The molecule has 0 bridgehead atoms. The van der Waals surface area contributed by atoms with E-state index in [2.05, 4.69) is 11.9 Å². The summed E-state index contributed by atoms with van der Waals surface area (Å²) in [5.41, 5.74) is 0.0612. The average Bonchev–Trinajstić information content (AvgIpc) is 2.58. The molecule has 148 valence electrons. The van der Waals surface area contributed by atoms with E-state index in [0.29, 0.717) is 5.75 Å². The lowest BCUT2D eigenvalue weighted by atomic mass is 10.2. The third kappa shape index (κ3) is 5.36. The topological polar surface area (TPSA) is 47.6 Å². The lowest BCUT2D eigenvalue weighted by molar-refractivity contribution is 0.102. The fourth-order valence-electron chi connectivity index (χ4n) is 2.08. The Morgan fingerprint density at radius 2 is 1.70 bits per heavy atom. The van der Waals surface area contributed by atoms with Gasteiger partial charge >= 0.3 is 10.2 Å². The van der Waals surface area contributed by atoms with E-state index in [1.807, 2.05) is 0 Å². The van der Waals surface area contributed by atoms with Crippen LogP contribution in [0.3, 0.4) is 0 Å². The van der Waals surface area contributed by atoms with E-state index in [9.17, 15) is 24.2 Å². The van der Waals surface area contributed by atoms with Gasteiger partial charge in [0.25, 0.3) is 5.91 Å². The van der Waals surface area contributed by atoms with Crippen molar-refractivity contribution in [2.75, 3.05) is 19.0 Å². The van der Waals surface area contributed by atoms with Gasteiger partial charge in [0.2, 0.25) is 0 Å². The number of ether oxygens (including phenoxy) is 2. The molecule has 0 unspecified atom stereocenters. The van der Waals surface area contributed by atoms with Gasteiger partial charge in [0, 0.05) is 11.3 Å². The quantitative estimate of drug-likeness (QED) is 0.439. The van der Waals surface area contributed by atoms with Crippen LogP contribution in [-0.4, -0.2) is 19.6 Å². The second-order valence-electron chi connectivity index (χ2n) is 5.41. The molecule has 0 aliphatic heterocycles. The smallest absolute Gasteiger partial charge is 0.310 e. The molecule has 1 amide bonds. The van der Waals surface area contributed by atoms with Crippen LogP contribution in [0.4, 0.5) is 25.1 Å². The van der Waals surface area contributed by atoms with Crippen molar-refractivity contribution < 1.29 is 33.7 Å². The number of carbonyl (C=O) groups excluding carboxylic acids is 1. The first-order valence-electron chi connectivity index (χ1n) is 7.41. The van der Waals surface area contributed by atoms with Gasteiger partial charge in [-0.1, -0.05) is 32.1 Å². The summed E-state index contributed by atoms with van der Waals surface area (Å²) in [4.78, 5) is 10.2. The molecule has 0 saturated carbocycles. The maximum Gasteiger partial charge on any atom is 0.310 e. The van der Waals surface area contributed by atoms with Crippen LogP contribution in [0.25, 0.3) is 0 Å². The minimum absolute atomic E-state index is 0.0726. The lowest BCUT2D eigenvalue weighted by Gasteiger charge is -2.40. The Bertz CT molecular complexity index is 867. The summed E-state index contributed by atoms with van der Waals surface area (Å²) in [6.45, 7) is 3.73. The molecule has 0 radical (unpaired) electrons. The minimum atomic E-state index is -9.75. The largest absolute Gasteiger partial charge is 0.493 e. The van der Waals surface area contributed by atoms with Crippen molar-refractivity contribution in [2.24, 2.45) is 0 Å². The lowest BCUT2D eigenvalue weighted by Crippen LogP contribution is -2.12. The van der Waals surface area contributed by atoms with Gasteiger partial charge in [0.1, 0.15) is 11.5 Å². The van der Waals surface area contributed by atoms with Crippen molar-refractivity contribution in [3.05, 3.63) is 60.7 Å². The average molecular weight is 409 g/mol. The summed E-state index contributed by atoms with van der Waals surface area (Å²) in [7, 11) is -8.38. The maximum atomic E-state index is 12.7. The van der Waals surface area contributed by atoms with Gasteiger partial charge in [0.15, 0.2) is 11.5 Å². The third-order valence-electron chi connectivity index (χ3n) is 3.34. The highest BCUT2D eigenvalue weighted by atomic mass is 32.5. The van der Waals surface area contributed by atoms with E-state index in [4.69, 9.17) is 9.47 Å². The highest BCUT2D eigenvalue weighted by Crippen LogP contribution is 3.02. The number of anilines is 1. The summed E-state index contributed by atoms with van der Waals surface area (Å²) in [6.07, 6.45) is 1.52. The summed E-state index contributed by atoms with van der Waals surface area (Å²) in [5.74, 6) is -0.0291. The summed E-state index contributed by atoms with van der Waals surface area (Å²) in [5, 5.41) is 2.33. The van der Waals surface area contributed by atoms with E-state index < -0.39 is 21.0 Å². The molecule has 0 saturated heterocycles. The summed E-state index contributed by atoms with van der Waals surface area (Å²) < 4.78 is 73.9. The number of rotatable bonds is 7. The number of methoxy groups -OCH3 is 1. The van der Waals surface area contributed by atoms with E-state index in [1.54, 1.807) is 0 Å². The van der Waals surface area contributed by atoms with Crippen LogP contribution in [0, 0.1) is 0 Å². The number of benzene rings is 2. The molecule has 0 fully saturated rings. The predicted molar refractivity (Wildman–Crippen MR) is 94.5 cm³/mol. The molecule has 0 aliphatic carbocycles. The first-order chi connectivity index (χ1) is 12.3. The summed E-state index contributed by atoms with van der Waals surface area (Å²) >= 11 is 0. The van der Waals surface area contributed by atoms with Gasteiger partial charge in [-0.25, -0.2) is 0 Å². The predicted octanol–water partition coefficient (Wildman–Crippen LogP) is 6.17. The number of nitrogens with one attached hydrogen (secondary N) is 1. The molecule has 2 aromatic carbocycles. The summed E-state index contributed by atoms with van der Waals surface area (Å²) in [6, 6.07) is 6.23. The molecule has 0 atom stereocenters. The molecule has 0 spiro atoms. The van der Waals surface area contributed by atoms with Crippen LogP contribution in [0.5, 0.6) is 11.5 Å². The molecule has 0 heterocycles. The van der Waals surface area contributed by atoms with Crippen LogP contribution in [0.15, 0.2) is 60.0 Å². The molecule has 2 rings (SSSR count). The van der Waals surface area contributed by atoms with E-state index >= 15 is 0 Å². The molecular formula is C17H16F5NO3S. The third-order valence-corrected chi connectivity index (χ3v) is 4.50. The first kappa shape index (κ1) is 20.6. The molecule has 2 aromatic rings. The Morgan fingerprint density at radius 1 is 1.07 bits per heavy atom.